The molecule has 1 aromatic heterocycles. The average molecular weight is 341 g/mol. The third kappa shape index (κ3) is 3.97. The molecule has 1 heterocycles. The number of carbonyl (C=O) groups is 1. The van der Waals surface area contributed by atoms with Crippen molar-refractivity contribution < 1.29 is 4.79 Å². The Bertz CT molecular complexity index is 548. The van der Waals surface area contributed by atoms with Crippen LogP contribution in [0.15, 0.2) is 45.1 Å². The van der Waals surface area contributed by atoms with Crippen LogP contribution in [0.3, 0.4) is 0 Å². The number of hydrogen-bond acceptors (Lipinski definition) is 3. The maximum Gasteiger partial charge on any atom is 0.148 e. The Morgan fingerprint density at radius 1 is 1.39 bits per heavy atom. The van der Waals surface area contributed by atoms with Crippen molar-refractivity contribution in [3.8, 4) is 0 Å². The van der Waals surface area contributed by atoms with E-state index < -0.39 is 0 Å². The highest BCUT2D eigenvalue weighted by Crippen LogP contribution is 2.24. The van der Waals surface area contributed by atoms with E-state index in [1.807, 2.05) is 23.6 Å². The highest BCUT2D eigenvalue weighted by atomic mass is 79.9. The lowest BCUT2D eigenvalue weighted by atomic mass is 10.2. The van der Waals surface area contributed by atoms with Gasteiger partial charge in [0.15, 0.2) is 0 Å². The van der Waals surface area contributed by atoms with E-state index in [1.165, 1.54) is 10.5 Å². The molecule has 18 heavy (non-hydrogen) atoms. The summed E-state index contributed by atoms with van der Waals surface area (Å²) in [6.45, 7) is 2.07. The Morgan fingerprint density at radius 2 is 2.17 bits per heavy atom. The average Bonchev–Trinajstić information content (AvgIpc) is 2.74. The number of ketones is 1. The molecule has 0 N–H and O–H groups in total. The van der Waals surface area contributed by atoms with Crippen molar-refractivity contribution in [2.45, 2.75) is 18.2 Å². The summed E-state index contributed by atoms with van der Waals surface area (Å²) in [7, 11) is 0. The second-order valence-electron chi connectivity index (χ2n) is 4.00. The van der Waals surface area contributed by atoms with Crippen LogP contribution in [0.1, 0.15) is 10.4 Å². The van der Waals surface area contributed by atoms with Crippen molar-refractivity contribution in [1.82, 2.24) is 0 Å². The molecule has 0 aliphatic rings. The van der Waals surface area contributed by atoms with Crippen LogP contribution >= 0.6 is 39.0 Å². The molecule has 0 fully saturated rings. The molecule has 0 radical (unpaired) electrons. The fourth-order valence-electron chi connectivity index (χ4n) is 1.57. The summed E-state index contributed by atoms with van der Waals surface area (Å²) in [6.07, 6.45) is 0.537. The predicted molar refractivity (Wildman–Crippen MR) is 82.6 cm³/mol. The largest absolute Gasteiger partial charge is 0.298 e. The van der Waals surface area contributed by atoms with Crippen LogP contribution in [-0.4, -0.2) is 11.5 Å². The minimum absolute atomic E-state index is 0.276. The van der Waals surface area contributed by atoms with E-state index >= 15 is 0 Å². The van der Waals surface area contributed by atoms with Gasteiger partial charge in [0.25, 0.3) is 0 Å². The number of hydrogen-bond donors (Lipinski definition) is 0. The maximum atomic E-state index is 11.9. The zero-order chi connectivity index (χ0) is 13.0. The molecule has 0 amide bonds. The van der Waals surface area contributed by atoms with Gasteiger partial charge in [-0.25, -0.2) is 0 Å². The number of halogens is 1. The van der Waals surface area contributed by atoms with Crippen LogP contribution in [0, 0.1) is 6.92 Å². The topological polar surface area (TPSA) is 17.1 Å². The molecule has 0 aliphatic heterocycles. The zero-order valence-corrected chi connectivity index (χ0v) is 13.2. The van der Waals surface area contributed by atoms with E-state index in [1.54, 1.807) is 23.1 Å². The van der Waals surface area contributed by atoms with Crippen LogP contribution in [0.5, 0.6) is 0 Å². The molecule has 2 rings (SSSR count). The van der Waals surface area contributed by atoms with Gasteiger partial charge in [0, 0.05) is 26.0 Å². The van der Waals surface area contributed by atoms with Gasteiger partial charge in [-0.15, -0.1) is 23.1 Å². The van der Waals surface area contributed by atoms with Crippen molar-refractivity contribution in [2.24, 2.45) is 0 Å². The molecule has 0 spiro atoms. The molecule has 0 aliphatic carbocycles. The quantitative estimate of drug-likeness (QED) is 0.732. The monoisotopic (exact) mass is 340 g/mol. The molecular weight excluding hydrogens is 328 g/mol. The van der Waals surface area contributed by atoms with Crippen molar-refractivity contribution in [2.75, 3.05) is 5.75 Å². The van der Waals surface area contributed by atoms with Gasteiger partial charge in [0.05, 0.1) is 5.75 Å². The molecule has 0 saturated carbocycles. The van der Waals surface area contributed by atoms with Gasteiger partial charge in [-0.05, 0) is 40.5 Å². The van der Waals surface area contributed by atoms with Crippen LogP contribution in [-0.2, 0) is 11.2 Å². The van der Waals surface area contributed by atoms with Crippen molar-refractivity contribution in [3.63, 3.8) is 0 Å². The van der Waals surface area contributed by atoms with Gasteiger partial charge < -0.3 is 0 Å². The number of rotatable bonds is 5. The molecule has 2 aromatic rings. The van der Waals surface area contributed by atoms with Crippen molar-refractivity contribution in [3.05, 3.63) is 50.6 Å². The first-order valence-corrected chi connectivity index (χ1v) is 8.24. The van der Waals surface area contributed by atoms with Gasteiger partial charge in [-0.3, -0.25) is 4.79 Å². The Labute approximate surface area is 124 Å². The summed E-state index contributed by atoms with van der Waals surface area (Å²) >= 11 is 6.65. The molecule has 0 unspecified atom stereocenters. The Morgan fingerprint density at radius 3 is 2.83 bits per heavy atom. The fraction of sp³-hybridized carbons (Fsp3) is 0.214. The summed E-state index contributed by atoms with van der Waals surface area (Å²) in [6, 6.07) is 10.2. The van der Waals surface area contributed by atoms with Gasteiger partial charge >= 0.3 is 0 Å². The number of thiophene rings is 1. The summed E-state index contributed by atoms with van der Waals surface area (Å²) in [5, 5.41) is 2.01. The van der Waals surface area contributed by atoms with Gasteiger partial charge in [0.2, 0.25) is 0 Å². The van der Waals surface area contributed by atoms with Gasteiger partial charge in [0.1, 0.15) is 5.78 Å². The zero-order valence-electron chi connectivity index (χ0n) is 9.98. The first kappa shape index (κ1) is 13.8. The third-order valence-electron chi connectivity index (χ3n) is 2.48. The second kappa shape index (κ2) is 6.55. The highest BCUT2D eigenvalue weighted by molar-refractivity contribution is 9.10. The molecule has 4 heteroatoms. The molecule has 0 atom stereocenters. The Kier molecular flexibility index (Phi) is 5.03. The van der Waals surface area contributed by atoms with Crippen LogP contribution in [0.25, 0.3) is 0 Å². The summed E-state index contributed by atoms with van der Waals surface area (Å²) in [4.78, 5) is 14.2. The number of carbonyl (C=O) groups excluding carboxylic acids is 1. The van der Waals surface area contributed by atoms with E-state index in [0.29, 0.717) is 12.2 Å². The van der Waals surface area contributed by atoms with Gasteiger partial charge in [-0.1, -0.05) is 18.2 Å². The van der Waals surface area contributed by atoms with E-state index in [4.69, 9.17) is 0 Å². The molecule has 94 valence electrons. The van der Waals surface area contributed by atoms with E-state index in [2.05, 4.69) is 35.0 Å². The van der Waals surface area contributed by atoms with Crippen molar-refractivity contribution >= 4 is 44.8 Å². The Balaban J connectivity index is 1.87. The summed E-state index contributed by atoms with van der Waals surface area (Å²) < 4.78 is 1.06. The number of Topliss-reactive ketones (excluding diaryl/α,β-unsaturated/α-hetero) is 1. The van der Waals surface area contributed by atoms with Crippen LogP contribution < -0.4 is 0 Å². The van der Waals surface area contributed by atoms with E-state index in [0.717, 1.165) is 9.35 Å². The van der Waals surface area contributed by atoms with Crippen LogP contribution in [0.2, 0.25) is 0 Å². The number of benzene rings is 1. The Hall–Kier alpha value is -0.580. The summed E-state index contributed by atoms with van der Waals surface area (Å²) in [5.41, 5.74) is 1.23. The SMILES string of the molecule is Cc1ccccc1SCC(=O)Cc1cc(Br)cs1. The third-order valence-corrected chi connectivity index (χ3v) is 5.41. The molecule has 0 saturated heterocycles. The van der Waals surface area contributed by atoms with E-state index in [-0.39, 0.29) is 5.78 Å². The number of thioether (sulfide) groups is 1. The second-order valence-corrected chi connectivity index (χ2v) is 6.93. The molecule has 1 aromatic carbocycles. The van der Waals surface area contributed by atoms with Crippen molar-refractivity contribution in [1.29, 1.82) is 0 Å². The minimum Gasteiger partial charge on any atom is -0.298 e. The molecule has 1 nitrogen and oxygen atoms in total. The highest BCUT2D eigenvalue weighted by Gasteiger charge is 2.07. The molecule has 0 bridgehead atoms. The first-order chi connectivity index (χ1) is 8.65. The standard InChI is InChI=1S/C14H13BrOS2/c1-10-4-2-3-5-14(10)18-9-12(16)7-13-6-11(15)8-17-13/h2-6,8H,7,9H2,1H3. The smallest absolute Gasteiger partial charge is 0.148 e. The number of aryl methyl sites for hydroxylation is 1. The normalized spacial score (nSPS) is 10.6. The lowest BCUT2D eigenvalue weighted by Gasteiger charge is -2.03. The summed E-state index contributed by atoms with van der Waals surface area (Å²) in [5.74, 6) is 0.818. The fourth-order valence-corrected chi connectivity index (χ4v) is 3.94. The van der Waals surface area contributed by atoms with Crippen LogP contribution in [0.4, 0.5) is 0 Å². The molecular formula is C14H13BrOS2. The minimum atomic E-state index is 0.276. The predicted octanol–water partition coefficient (Wildman–Crippen LogP) is 4.72. The van der Waals surface area contributed by atoms with Gasteiger partial charge in [-0.2, -0.15) is 0 Å². The first-order valence-electron chi connectivity index (χ1n) is 5.58. The lowest BCUT2D eigenvalue weighted by molar-refractivity contribution is -0.115. The maximum absolute atomic E-state index is 11.9. The lowest BCUT2D eigenvalue weighted by Crippen LogP contribution is -2.04. The van der Waals surface area contributed by atoms with E-state index in [9.17, 15) is 4.79 Å².